The van der Waals surface area contributed by atoms with E-state index in [0.717, 1.165) is 37.6 Å². The molecule has 1 heterocycles. The second kappa shape index (κ2) is 9.53. The van der Waals surface area contributed by atoms with Gasteiger partial charge in [-0.05, 0) is 60.8 Å². The van der Waals surface area contributed by atoms with Gasteiger partial charge < -0.3 is 9.47 Å². The van der Waals surface area contributed by atoms with Crippen LogP contribution in [0.1, 0.15) is 17.5 Å². The molecule has 0 unspecified atom stereocenters. The molecule has 0 amide bonds. The highest BCUT2D eigenvalue weighted by Crippen LogP contribution is 2.33. The number of ether oxygens (including phenoxy) is 2. The monoisotopic (exact) mass is 458 g/mol. The second-order valence-corrected chi connectivity index (χ2v) is 9.50. The maximum absolute atomic E-state index is 12.4. The SMILES string of the molecule is COc1cc2c(cc1OC)CN(CCCNS(=O)(=O)c1cc(Cl)cc(Cl)c1)CC2. The molecule has 29 heavy (non-hydrogen) atoms. The summed E-state index contributed by atoms with van der Waals surface area (Å²) in [5, 5.41) is 0.578. The summed E-state index contributed by atoms with van der Waals surface area (Å²) in [6, 6.07) is 8.33. The fourth-order valence-electron chi connectivity index (χ4n) is 3.41. The summed E-state index contributed by atoms with van der Waals surface area (Å²) in [7, 11) is -0.376. The molecule has 1 aliphatic heterocycles. The molecule has 6 nitrogen and oxygen atoms in total. The fraction of sp³-hybridized carbons (Fsp3) is 0.400. The molecular formula is C20H24Cl2N2O4S. The van der Waals surface area contributed by atoms with E-state index in [1.165, 1.54) is 29.3 Å². The Morgan fingerprint density at radius 3 is 2.24 bits per heavy atom. The molecule has 2 aromatic carbocycles. The van der Waals surface area contributed by atoms with E-state index in [2.05, 4.69) is 9.62 Å². The molecular weight excluding hydrogens is 435 g/mol. The van der Waals surface area contributed by atoms with Crippen molar-refractivity contribution in [2.24, 2.45) is 0 Å². The van der Waals surface area contributed by atoms with Crippen molar-refractivity contribution in [2.75, 3.05) is 33.9 Å². The van der Waals surface area contributed by atoms with Gasteiger partial charge in [-0.15, -0.1) is 0 Å². The van der Waals surface area contributed by atoms with Crippen molar-refractivity contribution in [3.05, 3.63) is 51.5 Å². The first kappa shape index (κ1) is 22.2. The van der Waals surface area contributed by atoms with E-state index < -0.39 is 10.0 Å². The van der Waals surface area contributed by atoms with Crippen LogP contribution in [0, 0.1) is 0 Å². The minimum absolute atomic E-state index is 0.0722. The Bertz CT molecular complexity index is 962. The third-order valence-corrected chi connectivity index (χ3v) is 6.76. The van der Waals surface area contributed by atoms with E-state index in [9.17, 15) is 8.42 Å². The van der Waals surface area contributed by atoms with E-state index >= 15 is 0 Å². The Morgan fingerprint density at radius 1 is 1.00 bits per heavy atom. The number of nitrogens with one attached hydrogen (secondary N) is 1. The van der Waals surface area contributed by atoms with Crippen molar-refractivity contribution >= 4 is 33.2 Å². The quantitative estimate of drug-likeness (QED) is 0.610. The Kier molecular flexibility index (Phi) is 7.29. The smallest absolute Gasteiger partial charge is 0.240 e. The van der Waals surface area contributed by atoms with Crippen LogP contribution in [0.3, 0.4) is 0 Å². The van der Waals surface area contributed by atoms with E-state index in [1.54, 1.807) is 14.2 Å². The Morgan fingerprint density at radius 2 is 1.62 bits per heavy atom. The average molecular weight is 459 g/mol. The maximum Gasteiger partial charge on any atom is 0.240 e. The van der Waals surface area contributed by atoms with Gasteiger partial charge in [-0.1, -0.05) is 23.2 Å². The zero-order valence-electron chi connectivity index (χ0n) is 16.4. The van der Waals surface area contributed by atoms with Crippen molar-refractivity contribution in [3.63, 3.8) is 0 Å². The molecule has 9 heteroatoms. The lowest BCUT2D eigenvalue weighted by Crippen LogP contribution is -2.33. The van der Waals surface area contributed by atoms with Crippen molar-refractivity contribution in [3.8, 4) is 11.5 Å². The average Bonchev–Trinajstić information content (AvgIpc) is 2.69. The summed E-state index contributed by atoms with van der Waals surface area (Å²) in [6.45, 7) is 2.83. The normalized spacial score (nSPS) is 14.5. The highest BCUT2D eigenvalue weighted by molar-refractivity contribution is 7.89. The highest BCUT2D eigenvalue weighted by Gasteiger charge is 2.20. The van der Waals surface area contributed by atoms with Crippen molar-refractivity contribution in [1.29, 1.82) is 0 Å². The first-order valence-corrected chi connectivity index (χ1v) is 11.5. The largest absolute Gasteiger partial charge is 0.493 e. The van der Waals surface area contributed by atoms with Crippen LogP contribution in [0.15, 0.2) is 35.2 Å². The van der Waals surface area contributed by atoms with Gasteiger partial charge in [-0.3, -0.25) is 4.90 Å². The summed E-state index contributed by atoms with van der Waals surface area (Å²) in [5.74, 6) is 1.47. The molecule has 2 aromatic rings. The predicted octanol–water partition coefficient (Wildman–Crippen LogP) is 3.74. The van der Waals surface area contributed by atoms with Crippen molar-refractivity contribution in [2.45, 2.75) is 24.3 Å². The fourth-order valence-corrected chi connectivity index (χ4v) is 5.21. The van der Waals surface area contributed by atoms with E-state index in [4.69, 9.17) is 32.7 Å². The standard InChI is InChI=1S/C20H24Cl2N2O4S/c1-27-19-8-14-4-7-24(13-15(14)9-20(19)28-2)6-3-5-23-29(25,26)18-11-16(21)10-17(22)12-18/h8-12,23H,3-7,13H2,1-2H3. The molecule has 0 aliphatic carbocycles. The van der Waals surface area contributed by atoms with E-state index in [-0.39, 0.29) is 14.9 Å². The Balaban J connectivity index is 1.54. The Hall–Kier alpha value is -1.51. The van der Waals surface area contributed by atoms with E-state index in [1.807, 2.05) is 12.1 Å². The first-order valence-electron chi connectivity index (χ1n) is 9.24. The van der Waals surface area contributed by atoms with Gasteiger partial charge in [0.15, 0.2) is 11.5 Å². The third kappa shape index (κ3) is 5.55. The van der Waals surface area contributed by atoms with Gasteiger partial charge in [-0.25, -0.2) is 13.1 Å². The van der Waals surface area contributed by atoms with Gasteiger partial charge in [0, 0.05) is 29.7 Å². The molecule has 0 spiro atoms. The first-order chi connectivity index (χ1) is 13.8. The zero-order valence-corrected chi connectivity index (χ0v) is 18.7. The minimum Gasteiger partial charge on any atom is -0.493 e. The van der Waals surface area contributed by atoms with Crippen LogP contribution in [0.4, 0.5) is 0 Å². The predicted molar refractivity (Wildman–Crippen MR) is 115 cm³/mol. The van der Waals surface area contributed by atoms with Crippen molar-refractivity contribution in [1.82, 2.24) is 9.62 Å². The van der Waals surface area contributed by atoms with Gasteiger partial charge in [0.25, 0.3) is 0 Å². The molecule has 0 fully saturated rings. The summed E-state index contributed by atoms with van der Waals surface area (Å²) in [4.78, 5) is 2.38. The van der Waals surface area contributed by atoms with Gasteiger partial charge >= 0.3 is 0 Å². The number of hydrogen-bond donors (Lipinski definition) is 1. The van der Waals surface area contributed by atoms with Gasteiger partial charge in [0.1, 0.15) is 0 Å². The Labute approximate surface area is 181 Å². The number of methoxy groups -OCH3 is 2. The number of rotatable bonds is 8. The van der Waals surface area contributed by atoms with Crippen LogP contribution in [0.2, 0.25) is 10.0 Å². The second-order valence-electron chi connectivity index (χ2n) is 6.86. The highest BCUT2D eigenvalue weighted by atomic mass is 35.5. The summed E-state index contributed by atoms with van der Waals surface area (Å²) in [5.41, 5.74) is 2.47. The third-order valence-electron chi connectivity index (χ3n) is 4.89. The maximum atomic E-state index is 12.4. The lowest BCUT2D eigenvalue weighted by atomic mass is 9.98. The number of halogens is 2. The minimum atomic E-state index is -3.64. The lowest BCUT2D eigenvalue weighted by molar-refractivity contribution is 0.250. The summed E-state index contributed by atoms with van der Waals surface area (Å²) in [6.07, 6.45) is 1.61. The number of benzene rings is 2. The molecule has 1 aliphatic rings. The van der Waals surface area contributed by atoms with Crippen LogP contribution in [0.25, 0.3) is 0 Å². The summed E-state index contributed by atoms with van der Waals surface area (Å²) < 4.78 is 38.2. The molecule has 3 rings (SSSR count). The van der Waals surface area contributed by atoms with Gasteiger partial charge in [0.2, 0.25) is 10.0 Å². The topological polar surface area (TPSA) is 67.9 Å². The van der Waals surface area contributed by atoms with Crippen LogP contribution in [-0.2, 0) is 23.0 Å². The van der Waals surface area contributed by atoms with Crippen LogP contribution in [-0.4, -0.2) is 47.2 Å². The van der Waals surface area contributed by atoms with Crippen molar-refractivity contribution < 1.29 is 17.9 Å². The van der Waals surface area contributed by atoms with E-state index in [0.29, 0.717) is 13.0 Å². The molecule has 0 saturated carbocycles. The molecule has 0 atom stereocenters. The lowest BCUT2D eigenvalue weighted by Gasteiger charge is -2.29. The number of nitrogens with zero attached hydrogens (tertiary/aromatic N) is 1. The molecule has 0 radical (unpaired) electrons. The zero-order chi connectivity index (χ0) is 21.0. The molecule has 0 saturated heterocycles. The van der Waals surface area contributed by atoms with Gasteiger partial charge in [-0.2, -0.15) is 0 Å². The van der Waals surface area contributed by atoms with Crippen LogP contribution < -0.4 is 14.2 Å². The number of sulfonamides is 1. The summed E-state index contributed by atoms with van der Waals surface area (Å²) >= 11 is 11.8. The van der Waals surface area contributed by atoms with Gasteiger partial charge in [0.05, 0.1) is 19.1 Å². The molecule has 0 bridgehead atoms. The molecule has 1 N–H and O–H groups in total. The molecule has 0 aromatic heterocycles. The number of fused-ring (bicyclic) bond motifs is 1. The molecule has 158 valence electrons. The van der Waals surface area contributed by atoms with Crippen LogP contribution >= 0.6 is 23.2 Å². The van der Waals surface area contributed by atoms with Crippen LogP contribution in [0.5, 0.6) is 11.5 Å². The number of hydrogen-bond acceptors (Lipinski definition) is 5.